The zero-order valence-corrected chi connectivity index (χ0v) is 17.7. The predicted octanol–water partition coefficient (Wildman–Crippen LogP) is 6.16. The Morgan fingerprint density at radius 3 is 1.81 bits per heavy atom. The van der Waals surface area contributed by atoms with Crippen LogP contribution in [0.1, 0.15) is 65.2 Å². The fourth-order valence-electron chi connectivity index (χ4n) is 3.15. The zero-order chi connectivity index (χ0) is 19.9. The lowest BCUT2D eigenvalue weighted by atomic mass is 9.73. The van der Waals surface area contributed by atoms with Crippen molar-refractivity contribution in [3.8, 4) is 0 Å². The molecule has 0 N–H and O–H groups in total. The fourth-order valence-corrected chi connectivity index (χ4v) is 3.15. The van der Waals surface area contributed by atoms with Gasteiger partial charge in [-0.15, -0.1) is 0 Å². The molecule has 0 atom stereocenters. The lowest BCUT2D eigenvalue weighted by Gasteiger charge is -2.32. The summed E-state index contributed by atoms with van der Waals surface area (Å²) in [5.41, 5.74) is 4.08. The molecule has 2 aromatic carbocycles. The van der Waals surface area contributed by atoms with Crippen molar-refractivity contribution in [2.75, 3.05) is 0 Å². The van der Waals surface area contributed by atoms with Crippen LogP contribution in [0.2, 0.25) is 0 Å². The number of hydrogen-bond donors (Lipinski definition) is 0. The van der Waals surface area contributed by atoms with Gasteiger partial charge in [0.1, 0.15) is 0 Å². The molecule has 142 valence electrons. The van der Waals surface area contributed by atoms with Crippen LogP contribution in [0.25, 0.3) is 11.5 Å². The van der Waals surface area contributed by atoms with Crippen LogP contribution in [0, 0.1) is 0 Å². The van der Waals surface area contributed by atoms with Gasteiger partial charge >= 0.3 is 7.12 Å². The van der Waals surface area contributed by atoms with E-state index in [1.54, 1.807) is 0 Å². The zero-order valence-electron chi connectivity index (χ0n) is 17.7. The smallest absolute Gasteiger partial charge is 0.399 e. The van der Waals surface area contributed by atoms with Gasteiger partial charge in [-0.2, -0.15) is 0 Å². The van der Waals surface area contributed by atoms with Crippen molar-refractivity contribution in [3.05, 3.63) is 71.3 Å². The van der Waals surface area contributed by atoms with Crippen molar-refractivity contribution in [1.29, 1.82) is 0 Å². The first-order valence-corrected chi connectivity index (χ1v) is 9.73. The summed E-state index contributed by atoms with van der Waals surface area (Å²) < 4.78 is 12.7. The van der Waals surface area contributed by atoms with Crippen LogP contribution < -0.4 is 0 Å². The first-order chi connectivity index (χ1) is 12.5. The summed E-state index contributed by atoms with van der Waals surface area (Å²) in [4.78, 5) is 0. The molecule has 3 heteroatoms. The molecule has 0 radical (unpaired) electrons. The third kappa shape index (κ3) is 4.20. The molecular weight excluding hydrogens is 331 g/mol. The van der Waals surface area contributed by atoms with Gasteiger partial charge in [0.25, 0.3) is 0 Å². The van der Waals surface area contributed by atoms with Crippen molar-refractivity contribution in [3.63, 3.8) is 0 Å². The summed E-state index contributed by atoms with van der Waals surface area (Å²) in [6, 6.07) is 19.1. The summed E-state index contributed by atoms with van der Waals surface area (Å²) in [6.07, 6.45) is 2.18. The van der Waals surface area contributed by atoms with E-state index < -0.39 is 0 Å². The van der Waals surface area contributed by atoms with Gasteiger partial charge in [0.2, 0.25) is 0 Å². The molecule has 2 nitrogen and oxygen atoms in total. The van der Waals surface area contributed by atoms with Gasteiger partial charge in [0.15, 0.2) is 0 Å². The first kappa shape index (κ1) is 19.9. The second-order valence-corrected chi connectivity index (χ2v) is 9.43. The molecule has 27 heavy (non-hydrogen) atoms. The maximum atomic E-state index is 6.34. The SMILES string of the molecule is CC(C)(C)c1ccc(/C=C(\B2OC(C)(C)C(C)(C)O2)c2ccccc2)cc1. The normalized spacial score (nSPS) is 19.4. The molecule has 0 aromatic heterocycles. The summed E-state index contributed by atoms with van der Waals surface area (Å²) in [5, 5.41) is 0. The largest absolute Gasteiger partial charge is 0.495 e. The Morgan fingerprint density at radius 2 is 1.33 bits per heavy atom. The summed E-state index contributed by atoms with van der Waals surface area (Å²) in [5.74, 6) is 0. The van der Waals surface area contributed by atoms with Crippen molar-refractivity contribution in [2.45, 2.75) is 65.1 Å². The Kier molecular flexibility index (Phi) is 5.13. The van der Waals surface area contributed by atoms with E-state index in [4.69, 9.17) is 9.31 Å². The van der Waals surface area contributed by atoms with Crippen molar-refractivity contribution in [2.24, 2.45) is 0 Å². The van der Waals surface area contributed by atoms with E-state index >= 15 is 0 Å². The Hall–Kier alpha value is -1.84. The molecule has 1 saturated heterocycles. The van der Waals surface area contributed by atoms with Gasteiger partial charge in [0, 0.05) is 0 Å². The number of hydrogen-bond acceptors (Lipinski definition) is 2. The average Bonchev–Trinajstić information content (AvgIpc) is 2.80. The van der Waals surface area contributed by atoms with Gasteiger partial charge in [-0.05, 0) is 55.3 Å². The lowest BCUT2D eigenvalue weighted by Crippen LogP contribution is -2.41. The Bertz CT molecular complexity index is 796. The monoisotopic (exact) mass is 362 g/mol. The van der Waals surface area contributed by atoms with Gasteiger partial charge in [-0.1, -0.05) is 81.4 Å². The Labute approximate surface area is 164 Å². The van der Waals surface area contributed by atoms with Crippen LogP contribution in [0.4, 0.5) is 0 Å². The highest BCUT2D eigenvalue weighted by Gasteiger charge is 2.52. The van der Waals surface area contributed by atoms with Crippen molar-refractivity contribution >= 4 is 18.7 Å². The third-order valence-electron chi connectivity index (χ3n) is 5.71. The molecule has 0 spiro atoms. The quantitative estimate of drug-likeness (QED) is 0.481. The van der Waals surface area contributed by atoms with E-state index in [1.165, 1.54) is 5.56 Å². The third-order valence-corrected chi connectivity index (χ3v) is 5.71. The minimum Gasteiger partial charge on any atom is -0.399 e. The van der Waals surface area contributed by atoms with Gasteiger partial charge in [-0.25, -0.2) is 0 Å². The molecular formula is C24H31BO2. The van der Waals surface area contributed by atoms with Gasteiger partial charge < -0.3 is 9.31 Å². The fraction of sp³-hybridized carbons (Fsp3) is 0.417. The van der Waals surface area contributed by atoms with E-state index in [2.05, 4.69) is 103 Å². The molecule has 3 rings (SSSR count). The average molecular weight is 362 g/mol. The predicted molar refractivity (Wildman–Crippen MR) is 116 cm³/mol. The second-order valence-electron chi connectivity index (χ2n) is 9.43. The van der Waals surface area contributed by atoms with E-state index in [9.17, 15) is 0 Å². The minimum atomic E-state index is -0.389. The molecule has 0 bridgehead atoms. The first-order valence-electron chi connectivity index (χ1n) is 9.73. The molecule has 0 amide bonds. The maximum Gasteiger partial charge on any atom is 0.495 e. The van der Waals surface area contributed by atoms with Crippen LogP contribution in [0.15, 0.2) is 54.6 Å². The number of benzene rings is 2. The molecule has 1 aliphatic rings. The topological polar surface area (TPSA) is 18.5 Å². The van der Waals surface area contributed by atoms with E-state index in [0.717, 1.165) is 16.6 Å². The summed E-state index contributed by atoms with van der Waals surface area (Å²) in [6.45, 7) is 15.1. The molecule has 2 aromatic rings. The Morgan fingerprint density at radius 1 is 0.815 bits per heavy atom. The minimum absolute atomic E-state index is 0.149. The standard InChI is InChI=1S/C24H31BO2/c1-22(2,3)20-15-13-18(14-16-20)17-21(19-11-9-8-10-12-19)25-26-23(4,5)24(6,7)27-25/h8-17H,1-7H3/b21-17-. The van der Waals surface area contributed by atoms with Crippen LogP contribution in [-0.4, -0.2) is 18.3 Å². The van der Waals surface area contributed by atoms with E-state index in [-0.39, 0.29) is 23.7 Å². The van der Waals surface area contributed by atoms with Gasteiger partial charge in [0.05, 0.1) is 11.2 Å². The summed E-state index contributed by atoms with van der Waals surface area (Å²) >= 11 is 0. The highest BCUT2D eigenvalue weighted by Crippen LogP contribution is 2.41. The maximum absolute atomic E-state index is 6.34. The molecule has 1 heterocycles. The second kappa shape index (κ2) is 6.96. The highest BCUT2D eigenvalue weighted by atomic mass is 16.7. The molecule has 0 saturated carbocycles. The Balaban J connectivity index is 2.00. The van der Waals surface area contributed by atoms with Crippen LogP contribution >= 0.6 is 0 Å². The lowest BCUT2D eigenvalue weighted by molar-refractivity contribution is 0.00578. The van der Waals surface area contributed by atoms with E-state index in [0.29, 0.717) is 0 Å². The summed E-state index contributed by atoms with van der Waals surface area (Å²) in [7, 11) is -0.389. The van der Waals surface area contributed by atoms with Crippen LogP contribution in [0.5, 0.6) is 0 Å². The molecule has 0 unspecified atom stereocenters. The molecule has 0 aliphatic carbocycles. The molecule has 1 aliphatic heterocycles. The highest BCUT2D eigenvalue weighted by molar-refractivity contribution is 6.70. The van der Waals surface area contributed by atoms with Crippen molar-refractivity contribution in [1.82, 2.24) is 0 Å². The van der Waals surface area contributed by atoms with E-state index in [1.807, 2.05) is 6.07 Å². The van der Waals surface area contributed by atoms with Crippen molar-refractivity contribution < 1.29 is 9.31 Å². The van der Waals surface area contributed by atoms with Crippen LogP contribution in [-0.2, 0) is 14.7 Å². The van der Waals surface area contributed by atoms with Gasteiger partial charge in [-0.3, -0.25) is 0 Å². The molecule has 1 fully saturated rings. The number of rotatable bonds is 3. The van der Waals surface area contributed by atoms with Crippen LogP contribution in [0.3, 0.4) is 0 Å².